The van der Waals surface area contributed by atoms with Crippen molar-refractivity contribution < 1.29 is 9.21 Å². The van der Waals surface area contributed by atoms with Gasteiger partial charge in [0.2, 0.25) is 11.8 Å². The average Bonchev–Trinajstić information content (AvgIpc) is 3.01. The fraction of sp³-hybridized carbons (Fsp3) is 0.842. The van der Waals surface area contributed by atoms with E-state index in [4.69, 9.17) is 4.42 Å². The zero-order chi connectivity index (χ0) is 17.4. The highest BCUT2D eigenvalue weighted by Crippen LogP contribution is 2.60. The Morgan fingerprint density at radius 1 is 1.24 bits per heavy atom. The lowest BCUT2D eigenvalue weighted by molar-refractivity contribution is -0.119. The second-order valence-electron chi connectivity index (χ2n) is 8.62. The molecule has 0 aromatic carbocycles. The molecule has 4 fully saturated rings. The quantitative estimate of drug-likeness (QED) is 0.743. The second-order valence-corrected chi connectivity index (χ2v) is 9.54. The molecule has 4 aliphatic carbocycles. The van der Waals surface area contributed by atoms with Crippen LogP contribution in [0.3, 0.4) is 0 Å². The number of amides is 1. The van der Waals surface area contributed by atoms with Crippen molar-refractivity contribution in [2.24, 2.45) is 17.8 Å². The molecule has 4 bridgehead atoms. The lowest BCUT2D eigenvalue weighted by Crippen LogP contribution is -2.48. The van der Waals surface area contributed by atoms with Crippen LogP contribution in [0.4, 0.5) is 0 Å². The largest absolute Gasteiger partial charge is 0.415 e. The number of thioether (sulfide) groups is 1. The third-order valence-corrected chi connectivity index (χ3v) is 7.17. The van der Waals surface area contributed by atoms with E-state index in [2.05, 4.69) is 22.4 Å². The third-order valence-electron chi connectivity index (χ3n) is 6.35. The van der Waals surface area contributed by atoms with Crippen molar-refractivity contribution in [3.8, 4) is 0 Å². The van der Waals surface area contributed by atoms with E-state index in [9.17, 15) is 4.79 Å². The average molecular weight is 364 g/mol. The van der Waals surface area contributed by atoms with Crippen LogP contribution in [0.2, 0.25) is 0 Å². The Morgan fingerprint density at radius 3 is 2.48 bits per heavy atom. The molecule has 0 spiro atoms. The van der Waals surface area contributed by atoms with E-state index in [1.54, 1.807) is 0 Å². The van der Waals surface area contributed by atoms with Gasteiger partial charge < -0.3 is 9.73 Å². The van der Waals surface area contributed by atoms with Crippen LogP contribution in [-0.2, 0) is 10.2 Å². The second kappa shape index (κ2) is 6.93. The first kappa shape index (κ1) is 17.4. The summed E-state index contributed by atoms with van der Waals surface area (Å²) in [5.74, 6) is 3.81. The molecular weight excluding hydrogens is 334 g/mol. The highest BCUT2D eigenvalue weighted by Gasteiger charge is 2.54. The van der Waals surface area contributed by atoms with Crippen molar-refractivity contribution in [1.29, 1.82) is 0 Å². The van der Waals surface area contributed by atoms with E-state index in [0.717, 1.165) is 36.5 Å². The zero-order valence-corrected chi connectivity index (χ0v) is 16.1. The van der Waals surface area contributed by atoms with E-state index in [0.29, 0.717) is 11.0 Å². The monoisotopic (exact) mass is 363 g/mol. The molecule has 0 saturated heterocycles. The van der Waals surface area contributed by atoms with Gasteiger partial charge in [-0.3, -0.25) is 4.79 Å². The summed E-state index contributed by atoms with van der Waals surface area (Å²) in [6, 6.07) is 0.225. The number of hydrogen-bond acceptors (Lipinski definition) is 5. The van der Waals surface area contributed by atoms with Crippen LogP contribution in [0.25, 0.3) is 0 Å². The standard InChI is InChI=1S/C19H29N3O2S/c1-3-4-12(2)20-16(23)11-25-18-22-21-17(24-18)19-8-13-5-14(9-19)7-15(6-13)10-19/h12-15H,3-11H2,1-2H3,(H,20,23)/t12-,13?,14?,15?,19?/m1/s1. The minimum atomic E-state index is 0.0421. The molecule has 0 aliphatic heterocycles. The van der Waals surface area contributed by atoms with E-state index in [1.165, 1.54) is 50.3 Å². The van der Waals surface area contributed by atoms with Crippen LogP contribution in [0.15, 0.2) is 9.64 Å². The van der Waals surface area contributed by atoms with Gasteiger partial charge in [0, 0.05) is 11.5 Å². The van der Waals surface area contributed by atoms with Crippen molar-refractivity contribution in [2.45, 2.75) is 81.9 Å². The maximum Gasteiger partial charge on any atom is 0.277 e. The van der Waals surface area contributed by atoms with Crippen molar-refractivity contribution >= 4 is 17.7 Å². The maximum atomic E-state index is 12.0. The number of nitrogens with zero attached hydrogens (tertiary/aromatic N) is 2. The summed E-state index contributed by atoms with van der Waals surface area (Å²) >= 11 is 1.36. The molecular formula is C19H29N3O2S. The Kier molecular flexibility index (Phi) is 4.82. The van der Waals surface area contributed by atoms with Gasteiger partial charge in [-0.2, -0.15) is 0 Å². The predicted octanol–water partition coefficient (Wildman–Crippen LogP) is 3.93. The van der Waals surface area contributed by atoms with Gasteiger partial charge in [-0.15, -0.1) is 10.2 Å². The topological polar surface area (TPSA) is 68.0 Å². The highest BCUT2D eigenvalue weighted by molar-refractivity contribution is 7.99. The Hall–Kier alpha value is -1.04. The molecule has 138 valence electrons. The Balaban J connectivity index is 1.36. The van der Waals surface area contributed by atoms with E-state index >= 15 is 0 Å². The van der Waals surface area contributed by atoms with E-state index in [1.807, 2.05) is 6.92 Å². The molecule has 1 aromatic heterocycles. The summed E-state index contributed by atoms with van der Waals surface area (Å²) in [4.78, 5) is 12.0. The lowest BCUT2D eigenvalue weighted by Gasteiger charge is -2.55. The fourth-order valence-electron chi connectivity index (χ4n) is 5.80. The highest BCUT2D eigenvalue weighted by atomic mass is 32.2. The molecule has 1 N–H and O–H groups in total. The van der Waals surface area contributed by atoms with Crippen molar-refractivity contribution in [2.75, 3.05) is 5.75 Å². The number of carbonyl (C=O) groups excluding carboxylic acids is 1. The first-order valence-electron chi connectivity index (χ1n) is 9.82. The summed E-state index contributed by atoms with van der Waals surface area (Å²) in [6.45, 7) is 4.17. The SMILES string of the molecule is CCC[C@@H](C)NC(=O)CSc1nnc(C23CC4CC(CC(C4)C2)C3)o1. The molecule has 6 heteroatoms. The fourth-order valence-corrected chi connectivity index (χ4v) is 6.38. The molecule has 1 amide bonds. The van der Waals surface area contributed by atoms with Gasteiger partial charge in [0.05, 0.1) is 5.75 Å². The van der Waals surface area contributed by atoms with Gasteiger partial charge in [-0.1, -0.05) is 25.1 Å². The van der Waals surface area contributed by atoms with Crippen LogP contribution >= 0.6 is 11.8 Å². The number of rotatable bonds is 7. The molecule has 0 unspecified atom stereocenters. The van der Waals surface area contributed by atoms with Crippen LogP contribution < -0.4 is 5.32 Å². The summed E-state index contributed by atoms with van der Waals surface area (Å²) in [6.07, 6.45) is 9.97. The lowest BCUT2D eigenvalue weighted by atomic mass is 9.49. The van der Waals surface area contributed by atoms with Gasteiger partial charge in [-0.05, 0) is 69.6 Å². The number of hydrogen-bond donors (Lipinski definition) is 1. The number of nitrogens with one attached hydrogen (secondary N) is 1. The van der Waals surface area contributed by atoms with E-state index in [-0.39, 0.29) is 17.4 Å². The summed E-state index contributed by atoms with van der Waals surface area (Å²) in [5, 5.41) is 12.2. The molecule has 4 saturated carbocycles. The Labute approximate surface area is 154 Å². The molecule has 25 heavy (non-hydrogen) atoms. The first-order valence-corrected chi connectivity index (χ1v) is 10.8. The minimum absolute atomic E-state index is 0.0421. The van der Waals surface area contributed by atoms with E-state index < -0.39 is 0 Å². The molecule has 5 rings (SSSR count). The molecule has 1 aromatic rings. The zero-order valence-electron chi connectivity index (χ0n) is 15.3. The first-order chi connectivity index (χ1) is 12.1. The molecule has 1 atom stereocenters. The summed E-state index contributed by atoms with van der Waals surface area (Å²) < 4.78 is 6.03. The maximum absolute atomic E-state index is 12.0. The number of aromatic nitrogens is 2. The summed E-state index contributed by atoms with van der Waals surface area (Å²) in [5.41, 5.74) is 0.137. The molecule has 4 aliphatic rings. The Morgan fingerprint density at radius 2 is 1.88 bits per heavy atom. The van der Waals surface area contributed by atoms with Crippen molar-refractivity contribution in [3.05, 3.63) is 5.89 Å². The van der Waals surface area contributed by atoms with Gasteiger partial charge in [0.25, 0.3) is 5.22 Å². The minimum Gasteiger partial charge on any atom is -0.415 e. The van der Waals surface area contributed by atoms with Crippen LogP contribution in [0.1, 0.15) is 71.1 Å². The number of carbonyl (C=O) groups is 1. The van der Waals surface area contributed by atoms with Gasteiger partial charge >= 0.3 is 0 Å². The molecule has 1 heterocycles. The van der Waals surface area contributed by atoms with Gasteiger partial charge in [-0.25, -0.2) is 0 Å². The van der Waals surface area contributed by atoms with Gasteiger partial charge in [0.1, 0.15) is 0 Å². The summed E-state index contributed by atoms with van der Waals surface area (Å²) in [7, 11) is 0. The Bertz CT molecular complexity index is 595. The predicted molar refractivity (Wildman–Crippen MR) is 97.4 cm³/mol. The normalized spacial score (nSPS) is 34.2. The third kappa shape index (κ3) is 3.60. The van der Waals surface area contributed by atoms with Crippen LogP contribution in [0.5, 0.6) is 0 Å². The van der Waals surface area contributed by atoms with Gasteiger partial charge in [0.15, 0.2) is 0 Å². The molecule has 5 nitrogen and oxygen atoms in total. The smallest absolute Gasteiger partial charge is 0.277 e. The van der Waals surface area contributed by atoms with Crippen molar-refractivity contribution in [3.63, 3.8) is 0 Å². The van der Waals surface area contributed by atoms with Crippen molar-refractivity contribution in [1.82, 2.24) is 15.5 Å². The molecule has 0 radical (unpaired) electrons. The van der Waals surface area contributed by atoms with Crippen LogP contribution in [0, 0.1) is 17.8 Å². The van der Waals surface area contributed by atoms with Crippen LogP contribution in [-0.4, -0.2) is 27.9 Å².